The molecule has 0 radical (unpaired) electrons. The summed E-state index contributed by atoms with van der Waals surface area (Å²) in [4.78, 5) is 16.9. The third-order valence-electron chi connectivity index (χ3n) is 4.05. The molecule has 0 spiro atoms. The van der Waals surface area contributed by atoms with Gasteiger partial charge in [0.25, 0.3) is 5.56 Å². The van der Waals surface area contributed by atoms with Crippen molar-refractivity contribution in [2.45, 2.75) is 24.8 Å². The van der Waals surface area contributed by atoms with E-state index in [4.69, 9.17) is 10.3 Å². The van der Waals surface area contributed by atoms with Crippen LogP contribution >= 0.6 is 11.8 Å². The minimum Gasteiger partial charge on any atom is -0.469 e. The molecule has 4 rings (SSSR count). The number of pyridine rings is 1. The smallest absolute Gasteiger partial charge is 0.258 e. The zero-order valence-electron chi connectivity index (χ0n) is 14.2. The van der Waals surface area contributed by atoms with E-state index in [1.165, 1.54) is 26.9 Å². The summed E-state index contributed by atoms with van der Waals surface area (Å²) >= 11 is 1.37. The van der Waals surface area contributed by atoms with Crippen molar-refractivity contribution in [3.8, 4) is 11.4 Å². The molecule has 8 nitrogen and oxygen atoms in total. The highest BCUT2D eigenvalue weighted by atomic mass is 32.2. The maximum absolute atomic E-state index is 12.3. The largest absolute Gasteiger partial charge is 0.469 e. The summed E-state index contributed by atoms with van der Waals surface area (Å²) in [6.07, 6.45) is 3.30. The lowest BCUT2D eigenvalue weighted by Gasteiger charge is -2.06. The van der Waals surface area contributed by atoms with E-state index in [0.717, 1.165) is 16.9 Å². The highest BCUT2D eigenvalue weighted by Gasteiger charge is 2.16. The second-order valence-corrected chi connectivity index (χ2v) is 6.77. The molecule has 0 saturated heterocycles. The predicted molar refractivity (Wildman–Crippen MR) is 98.4 cm³/mol. The van der Waals surface area contributed by atoms with Crippen LogP contribution in [0, 0.1) is 13.8 Å². The van der Waals surface area contributed by atoms with Gasteiger partial charge in [-0.25, -0.2) is 9.66 Å². The molecule has 0 aromatic carbocycles. The first-order chi connectivity index (χ1) is 12.5. The standard InChI is InChI=1S/C17H16N6O2S/c1-10-4-3-6-22-14(24)8-12(19-15(10)22)9-26-17-21-20-16(23(17)18)13-5-7-25-11(13)2/h3-8H,9,18H2,1-2H3. The summed E-state index contributed by atoms with van der Waals surface area (Å²) in [7, 11) is 0. The van der Waals surface area contributed by atoms with Gasteiger partial charge in [-0.05, 0) is 31.5 Å². The van der Waals surface area contributed by atoms with E-state index in [-0.39, 0.29) is 5.56 Å². The van der Waals surface area contributed by atoms with E-state index in [0.29, 0.717) is 28.1 Å². The number of hydrogen-bond donors (Lipinski definition) is 1. The lowest BCUT2D eigenvalue weighted by atomic mass is 10.2. The molecule has 0 unspecified atom stereocenters. The third-order valence-corrected chi connectivity index (χ3v) is 5.03. The van der Waals surface area contributed by atoms with Gasteiger partial charge in [-0.15, -0.1) is 10.2 Å². The molecular formula is C17H16N6O2S. The molecule has 0 aliphatic rings. The number of nitrogens with two attached hydrogens (primary N) is 1. The SMILES string of the molecule is Cc1occc1-c1nnc(SCc2cc(=O)n3cccc(C)c3n2)n1N. The number of hydrogen-bond acceptors (Lipinski definition) is 7. The number of nitrogens with zero attached hydrogens (tertiary/aromatic N) is 5. The van der Waals surface area contributed by atoms with E-state index in [1.807, 2.05) is 26.0 Å². The quantitative estimate of drug-likeness (QED) is 0.435. The van der Waals surface area contributed by atoms with Crippen LogP contribution in [0.15, 0.2) is 51.1 Å². The molecule has 4 heterocycles. The van der Waals surface area contributed by atoms with Gasteiger partial charge < -0.3 is 10.3 Å². The lowest BCUT2D eigenvalue weighted by molar-refractivity contribution is 0.535. The van der Waals surface area contributed by atoms with Crippen molar-refractivity contribution >= 4 is 17.4 Å². The topological polar surface area (TPSA) is 104 Å². The van der Waals surface area contributed by atoms with Crippen LogP contribution in [0.1, 0.15) is 17.0 Å². The Hall–Kier alpha value is -3.07. The van der Waals surface area contributed by atoms with Gasteiger partial charge in [0, 0.05) is 18.0 Å². The van der Waals surface area contributed by atoms with E-state index in [9.17, 15) is 4.79 Å². The summed E-state index contributed by atoms with van der Waals surface area (Å²) in [5.41, 5.74) is 2.94. The number of nitrogen functional groups attached to an aromatic ring is 1. The summed E-state index contributed by atoms with van der Waals surface area (Å²) in [6.45, 7) is 3.76. The molecule has 4 aromatic rings. The van der Waals surface area contributed by atoms with Crippen LogP contribution < -0.4 is 11.4 Å². The number of aromatic nitrogens is 5. The lowest BCUT2D eigenvalue weighted by Crippen LogP contribution is -2.16. The Morgan fingerprint density at radius 2 is 2.12 bits per heavy atom. The second-order valence-electron chi connectivity index (χ2n) is 5.83. The fraction of sp³-hybridized carbons (Fsp3) is 0.176. The van der Waals surface area contributed by atoms with Crippen molar-refractivity contribution in [1.29, 1.82) is 0 Å². The molecule has 0 bridgehead atoms. The molecule has 4 aromatic heterocycles. The molecule has 26 heavy (non-hydrogen) atoms. The molecule has 0 aliphatic heterocycles. The number of furan rings is 1. The Bertz CT molecular complexity index is 1160. The van der Waals surface area contributed by atoms with E-state index in [2.05, 4.69) is 15.2 Å². The summed E-state index contributed by atoms with van der Waals surface area (Å²) in [6, 6.07) is 7.08. The van der Waals surface area contributed by atoms with Crippen LogP contribution in [0.3, 0.4) is 0 Å². The Labute approximate surface area is 152 Å². The summed E-state index contributed by atoms with van der Waals surface area (Å²) < 4.78 is 8.24. The van der Waals surface area contributed by atoms with Gasteiger partial charge in [0.15, 0.2) is 5.82 Å². The average Bonchev–Trinajstić information content (AvgIpc) is 3.19. The van der Waals surface area contributed by atoms with Crippen molar-refractivity contribution < 1.29 is 4.42 Å². The molecule has 0 fully saturated rings. The second kappa shape index (κ2) is 6.34. The Morgan fingerprint density at radius 1 is 1.27 bits per heavy atom. The van der Waals surface area contributed by atoms with Crippen molar-refractivity contribution in [2.75, 3.05) is 5.84 Å². The molecule has 132 valence electrons. The van der Waals surface area contributed by atoms with Gasteiger partial charge in [-0.1, -0.05) is 17.8 Å². The average molecular weight is 368 g/mol. The molecule has 0 aliphatic carbocycles. The van der Waals surface area contributed by atoms with Gasteiger partial charge in [-0.2, -0.15) is 0 Å². The van der Waals surface area contributed by atoms with E-state index in [1.54, 1.807) is 18.5 Å². The summed E-state index contributed by atoms with van der Waals surface area (Å²) in [5.74, 6) is 7.82. The fourth-order valence-corrected chi connectivity index (χ4v) is 3.45. The number of rotatable bonds is 4. The molecule has 9 heteroatoms. The van der Waals surface area contributed by atoms with Crippen LogP contribution in [0.5, 0.6) is 0 Å². The Kier molecular flexibility index (Phi) is 4.00. The first kappa shape index (κ1) is 16.4. The molecular weight excluding hydrogens is 352 g/mol. The van der Waals surface area contributed by atoms with Crippen LogP contribution in [0.25, 0.3) is 17.0 Å². The van der Waals surface area contributed by atoms with Crippen LogP contribution in [0.2, 0.25) is 0 Å². The monoisotopic (exact) mass is 368 g/mol. The molecule has 0 atom stereocenters. The minimum atomic E-state index is -0.113. The first-order valence-corrected chi connectivity index (χ1v) is 8.89. The first-order valence-electron chi connectivity index (χ1n) is 7.90. The number of aryl methyl sites for hydroxylation is 2. The van der Waals surface area contributed by atoms with Crippen LogP contribution in [-0.2, 0) is 5.75 Å². The normalized spacial score (nSPS) is 11.3. The minimum absolute atomic E-state index is 0.113. The molecule has 2 N–H and O–H groups in total. The Balaban J connectivity index is 1.61. The molecule has 0 amide bonds. The van der Waals surface area contributed by atoms with Gasteiger partial charge in [0.2, 0.25) is 5.16 Å². The highest BCUT2D eigenvalue weighted by molar-refractivity contribution is 7.98. The van der Waals surface area contributed by atoms with Crippen molar-refractivity contribution in [3.05, 3.63) is 64.1 Å². The van der Waals surface area contributed by atoms with Crippen molar-refractivity contribution in [2.24, 2.45) is 0 Å². The van der Waals surface area contributed by atoms with Gasteiger partial charge in [0.05, 0.1) is 17.5 Å². The van der Waals surface area contributed by atoms with E-state index < -0.39 is 0 Å². The van der Waals surface area contributed by atoms with Gasteiger partial charge in [-0.3, -0.25) is 9.20 Å². The summed E-state index contributed by atoms with van der Waals surface area (Å²) in [5, 5.41) is 8.80. The zero-order valence-corrected chi connectivity index (χ0v) is 15.0. The highest BCUT2D eigenvalue weighted by Crippen LogP contribution is 2.26. The van der Waals surface area contributed by atoms with Gasteiger partial charge in [0.1, 0.15) is 11.4 Å². The van der Waals surface area contributed by atoms with Crippen LogP contribution in [-0.4, -0.2) is 24.3 Å². The number of thioether (sulfide) groups is 1. The van der Waals surface area contributed by atoms with Crippen molar-refractivity contribution in [1.82, 2.24) is 24.3 Å². The number of fused-ring (bicyclic) bond motifs is 1. The van der Waals surface area contributed by atoms with Gasteiger partial charge >= 0.3 is 0 Å². The van der Waals surface area contributed by atoms with Crippen LogP contribution in [0.4, 0.5) is 0 Å². The third kappa shape index (κ3) is 2.76. The van der Waals surface area contributed by atoms with E-state index >= 15 is 0 Å². The predicted octanol–water partition coefficient (Wildman–Crippen LogP) is 2.17. The maximum Gasteiger partial charge on any atom is 0.258 e. The zero-order chi connectivity index (χ0) is 18.3. The van der Waals surface area contributed by atoms with Crippen molar-refractivity contribution in [3.63, 3.8) is 0 Å². The maximum atomic E-state index is 12.3. The molecule has 0 saturated carbocycles. The Morgan fingerprint density at radius 3 is 2.88 bits per heavy atom. The fourth-order valence-electron chi connectivity index (χ4n) is 2.70.